The Bertz CT molecular complexity index is 369. The Morgan fingerprint density at radius 3 is 2.57 bits per heavy atom. The number of nitrogen functional groups attached to an aromatic ring is 1. The van der Waals surface area contributed by atoms with Crippen LogP contribution in [0.1, 0.15) is 10.5 Å². The maximum Gasteiger partial charge on any atom is 0.360 e. The van der Waals surface area contributed by atoms with E-state index >= 15 is 0 Å². The van der Waals surface area contributed by atoms with E-state index in [9.17, 15) is 4.79 Å². The van der Waals surface area contributed by atoms with E-state index in [0.29, 0.717) is 0 Å². The summed E-state index contributed by atoms with van der Waals surface area (Å²) in [4.78, 5) is 18.5. The monoisotopic (exact) mass is 217 g/mol. The molecule has 0 unspecified atom stereocenters. The largest absolute Gasteiger partial charge is 0.491 e. The molecule has 1 aromatic rings. The molecule has 0 aliphatic carbocycles. The molecule has 6 nitrogen and oxygen atoms in total. The molecule has 0 aliphatic heterocycles. The molecule has 76 valence electrons. The second-order valence-electron chi connectivity index (χ2n) is 2.25. The SMILES string of the molecule is COC(=O)c1nc(Cl)nc(N)c1OC. The predicted octanol–water partition coefficient (Wildman–Crippen LogP) is 0.507. The lowest BCUT2D eigenvalue weighted by Gasteiger charge is -2.07. The van der Waals surface area contributed by atoms with Gasteiger partial charge in [-0.05, 0) is 11.6 Å². The Hall–Kier alpha value is -1.56. The molecule has 1 aromatic heterocycles. The van der Waals surface area contributed by atoms with Crippen LogP contribution in [0.5, 0.6) is 5.75 Å². The first-order chi connectivity index (χ1) is 6.60. The molecular formula is C7H8ClN3O3. The van der Waals surface area contributed by atoms with Crippen molar-refractivity contribution in [3.05, 3.63) is 11.0 Å². The minimum atomic E-state index is -0.683. The molecule has 14 heavy (non-hydrogen) atoms. The second kappa shape index (κ2) is 4.10. The molecule has 2 N–H and O–H groups in total. The first kappa shape index (κ1) is 10.5. The Balaban J connectivity index is 3.32. The number of hydrogen-bond acceptors (Lipinski definition) is 6. The third-order valence-electron chi connectivity index (χ3n) is 1.45. The second-order valence-corrected chi connectivity index (χ2v) is 2.59. The number of carbonyl (C=O) groups is 1. The predicted molar refractivity (Wildman–Crippen MR) is 49.3 cm³/mol. The number of ether oxygens (including phenoxy) is 2. The standard InChI is InChI=1S/C7H8ClN3O3/c1-13-4-3(6(12)14-2)10-7(8)11-5(4)9/h1-2H3,(H2,9,10,11). The highest BCUT2D eigenvalue weighted by molar-refractivity contribution is 6.28. The van der Waals surface area contributed by atoms with Crippen LogP contribution in [0.4, 0.5) is 5.82 Å². The van der Waals surface area contributed by atoms with Crippen molar-refractivity contribution >= 4 is 23.4 Å². The number of nitrogens with zero attached hydrogens (tertiary/aromatic N) is 2. The summed E-state index contributed by atoms with van der Waals surface area (Å²) >= 11 is 5.51. The summed E-state index contributed by atoms with van der Waals surface area (Å²) < 4.78 is 9.31. The van der Waals surface area contributed by atoms with Crippen molar-refractivity contribution in [2.75, 3.05) is 20.0 Å². The molecule has 0 bridgehead atoms. The summed E-state index contributed by atoms with van der Waals surface area (Å²) in [7, 11) is 2.56. The minimum Gasteiger partial charge on any atom is -0.491 e. The van der Waals surface area contributed by atoms with Gasteiger partial charge in [-0.15, -0.1) is 0 Å². The van der Waals surface area contributed by atoms with Crippen LogP contribution in [0.25, 0.3) is 0 Å². The van der Waals surface area contributed by atoms with Crippen molar-refractivity contribution in [1.29, 1.82) is 0 Å². The Morgan fingerprint density at radius 1 is 1.43 bits per heavy atom. The van der Waals surface area contributed by atoms with Gasteiger partial charge in [-0.25, -0.2) is 9.78 Å². The summed E-state index contributed by atoms with van der Waals surface area (Å²) in [6.45, 7) is 0. The fourth-order valence-electron chi connectivity index (χ4n) is 0.876. The molecule has 0 saturated carbocycles. The van der Waals surface area contributed by atoms with Gasteiger partial charge < -0.3 is 15.2 Å². The van der Waals surface area contributed by atoms with Crippen LogP contribution >= 0.6 is 11.6 Å². The van der Waals surface area contributed by atoms with Gasteiger partial charge in [-0.3, -0.25) is 0 Å². The number of aromatic nitrogens is 2. The van der Waals surface area contributed by atoms with E-state index in [4.69, 9.17) is 22.1 Å². The smallest absolute Gasteiger partial charge is 0.360 e. The van der Waals surface area contributed by atoms with Crippen molar-refractivity contribution in [2.24, 2.45) is 0 Å². The summed E-state index contributed by atoms with van der Waals surface area (Å²) in [6, 6.07) is 0. The highest BCUT2D eigenvalue weighted by atomic mass is 35.5. The van der Waals surface area contributed by atoms with Gasteiger partial charge in [0, 0.05) is 0 Å². The number of carbonyl (C=O) groups excluding carboxylic acids is 1. The number of nitrogens with two attached hydrogens (primary N) is 1. The highest BCUT2D eigenvalue weighted by Crippen LogP contribution is 2.24. The Labute approximate surface area is 85.0 Å². The third-order valence-corrected chi connectivity index (χ3v) is 1.62. The summed E-state index contributed by atoms with van der Waals surface area (Å²) in [5, 5.41) is -0.135. The Kier molecular flexibility index (Phi) is 3.08. The lowest BCUT2D eigenvalue weighted by atomic mass is 10.3. The zero-order chi connectivity index (χ0) is 10.7. The van der Waals surface area contributed by atoms with E-state index in [1.54, 1.807) is 0 Å². The van der Waals surface area contributed by atoms with Gasteiger partial charge in [0.2, 0.25) is 5.28 Å². The van der Waals surface area contributed by atoms with E-state index in [2.05, 4.69) is 14.7 Å². The molecule has 0 aromatic carbocycles. The van der Waals surface area contributed by atoms with E-state index in [0.717, 1.165) is 0 Å². The van der Waals surface area contributed by atoms with Gasteiger partial charge in [0.25, 0.3) is 0 Å². The fourth-order valence-corrected chi connectivity index (χ4v) is 1.05. The molecule has 1 rings (SSSR count). The summed E-state index contributed by atoms with van der Waals surface area (Å²) in [5.74, 6) is -0.632. The lowest BCUT2D eigenvalue weighted by molar-refractivity contribution is 0.0590. The third kappa shape index (κ3) is 1.85. The Morgan fingerprint density at radius 2 is 2.07 bits per heavy atom. The van der Waals surface area contributed by atoms with E-state index in [1.807, 2.05) is 0 Å². The number of rotatable bonds is 2. The van der Waals surface area contributed by atoms with Crippen LogP contribution < -0.4 is 10.5 Å². The van der Waals surface area contributed by atoms with E-state index in [1.165, 1.54) is 14.2 Å². The molecule has 0 amide bonds. The van der Waals surface area contributed by atoms with Crippen LogP contribution in [0.15, 0.2) is 0 Å². The van der Waals surface area contributed by atoms with Crippen molar-refractivity contribution < 1.29 is 14.3 Å². The van der Waals surface area contributed by atoms with Crippen molar-refractivity contribution in [3.63, 3.8) is 0 Å². The maximum atomic E-state index is 11.2. The molecular weight excluding hydrogens is 210 g/mol. The molecule has 0 atom stereocenters. The number of esters is 1. The van der Waals surface area contributed by atoms with E-state index < -0.39 is 5.97 Å². The molecule has 7 heteroatoms. The molecule has 0 radical (unpaired) electrons. The minimum absolute atomic E-state index is 0.00657. The quantitative estimate of drug-likeness (QED) is 0.574. The average Bonchev–Trinajstić information content (AvgIpc) is 2.15. The van der Waals surface area contributed by atoms with Gasteiger partial charge in [0.15, 0.2) is 17.3 Å². The van der Waals surface area contributed by atoms with Crippen molar-refractivity contribution in [1.82, 2.24) is 9.97 Å². The number of hydrogen-bond donors (Lipinski definition) is 1. The van der Waals surface area contributed by atoms with Gasteiger partial charge in [-0.1, -0.05) is 0 Å². The number of halogens is 1. The van der Waals surface area contributed by atoms with Gasteiger partial charge >= 0.3 is 5.97 Å². The molecule has 0 spiro atoms. The fraction of sp³-hybridized carbons (Fsp3) is 0.286. The van der Waals surface area contributed by atoms with Gasteiger partial charge in [-0.2, -0.15) is 4.98 Å². The zero-order valence-electron chi connectivity index (χ0n) is 7.57. The topological polar surface area (TPSA) is 87.3 Å². The highest BCUT2D eigenvalue weighted by Gasteiger charge is 2.19. The van der Waals surface area contributed by atoms with E-state index in [-0.39, 0.29) is 22.5 Å². The normalized spacial score (nSPS) is 9.64. The zero-order valence-corrected chi connectivity index (χ0v) is 8.33. The van der Waals surface area contributed by atoms with Crippen LogP contribution in [0.3, 0.4) is 0 Å². The first-order valence-corrected chi connectivity index (χ1v) is 3.93. The summed E-state index contributed by atoms with van der Waals surface area (Å²) in [5.41, 5.74) is 5.37. The number of methoxy groups -OCH3 is 2. The van der Waals surface area contributed by atoms with Crippen LogP contribution in [0.2, 0.25) is 5.28 Å². The van der Waals surface area contributed by atoms with Crippen molar-refractivity contribution in [3.8, 4) is 5.75 Å². The molecule has 0 saturated heterocycles. The molecule has 1 heterocycles. The molecule has 0 fully saturated rings. The van der Waals surface area contributed by atoms with Crippen LogP contribution in [-0.4, -0.2) is 30.2 Å². The maximum absolute atomic E-state index is 11.2. The van der Waals surface area contributed by atoms with Gasteiger partial charge in [0.05, 0.1) is 14.2 Å². The number of anilines is 1. The first-order valence-electron chi connectivity index (χ1n) is 3.55. The van der Waals surface area contributed by atoms with Gasteiger partial charge in [0.1, 0.15) is 0 Å². The molecule has 0 aliphatic rings. The summed E-state index contributed by atoms with van der Waals surface area (Å²) in [6.07, 6.45) is 0. The lowest BCUT2D eigenvalue weighted by Crippen LogP contribution is -2.10. The van der Waals surface area contributed by atoms with Crippen LogP contribution in [-0.2, 0) is 4.74 Å². The average molecular weight is 218 g/mol. The van der Waals surface area contributed by atoms with Crippen LogP contribution in [0, 0.1) is 0 Å². The van der Waals surface area contributed by atoms with Crippen molar-refractivity contribution in [2.45, 2.75) is 0 Å².